The molecule has 0 fully saturated rings. The van der Waals surface area contributed by atoms with E-state index in [9.17, 15) is 29.1 Å². The molecule has 0 unspecified atom stereocenters. The molecule has 0 spiro atoms. The Morgan fingerprint density at radius 2 is 1.44 bits per heavy atom. The van der Waals surface area contributed by atoms with Gasteiger partial charge in [-0.25, -0.2) is 9.59 Å². The second-order valence-electron chi connectivity index (χ2n) is 13.5. The lowest BCUT2D eigenvalue weighted by atomic mass is 10.0. The van der Waals surface area contributed by atoms with Crippen molar-refractivity contribution >= 4 is 35.5 Å². The van der Waals surface area contributed by atoms with Crippen LogP contribution in [0.1, 0.15) is 55.9 Å². The third kappa shape index (κ3) is 12.8. The van der Waals surface area contributed by atoms with Gasteiger partial charge in [-0.3, -0.25) is 14.4 Å². The van der Waals surface area contributed by atoms with Crippen LogP contribution in [0.15, 0.2) is 72.8 Å². The number of urea groups is 1. The zero-order valence-corrected chi connectivity index (χ0v) is 31.5. The largest absolute Gasteiger partial charge is 0.436 e. The van der Waals surface area contributed by atoms with E-state index in [4.69, 9.17) is 19.9 Å². The molecule has 15 nitrogen and oxygen atoms in total. The molecule has 0 aliphatic heterocycles. The number of anilines is 1. The van der Waals surface area contributed by atoms with Crippen molar-refractivity contribution in [3.8, 4) is 11.1 Å². The van der Waals surface area contributed by atoms with Gasteiger partial charge in [0.05, 0.1) is 33.0 Å². The van der Waals surface area contributed by atoms with Crippen LogP contribution >= 0.6 is 0 Å². The fourth-order valence-electron chi connectivity index (χ4n) is 5.96. The van der Waals surface area contributed by atoms with E-state index in [0.717, 1.165) is 22.3 Å². The summed E-state index contributed by atoms with van der Waals surface area (Å²) < 4.78 is 17.1. The van der Waals surface area contributed by atoms with Crippen molar-refractivity contribution in [1.82, 2.24) is 20.9 Å². The maximum absolute atomic E-state index is 13.4. The van der Waals surface area contributed by atoms with Gasteiger partial charge in [0.1, 0.15) is 12.1 Å². The predicted octanol–water partition coefficient (Wildman–Crippen LogP) is 3.45. The molecule has 0 saturated carbocycles. The summed E-state index contributed by atoms with van der Waals surface area (Å²) in [6.45, 7) is 4.72. The Hall–Kier alpha value is -5.51. The number of likely N-dealkylation sites (N-methyl/N-ethyl adjacent to an activating group) is 1. The van der Waals surface area contributed by atoms with Gasteiger partial charge in [-0.2, -0.15) is 0 Å². The molecule has 6 amide bonds. The van der Waals surface area contributed by atoms with Crippen LogP contribution in [0.5, 0.6) is 0 Å². The second-order valence-corrected chi connectivity index (χ2v) is 13.5. The van der Waals surface area contributed by atoms with Crippen LogP contribution in [0, 0.1) is 5.92 Å². The van der Waals surface area contributed by atoms with E-state index in [0.29, 0.717) is 24.2 Å². The van der Waals surface area contributed by atoms with E-state index in [1.807, 2.05) is 48.5 Å². The Morgan fingerprint density at radius 1 is 0.818 bits per heavy atom. The smallest absolute Gasteiger partial charge is 0.410 e. The number of aliphatic hydroxyl groups excluding tert-OH is 1. The summed E-state index contributed by atoms with van der Waals surface area (Å²) in [5.74, 6) is -1.73. The first-order chi connectivity index (χ1) is 26.5. The number of ether oxygens (including phenoxy) is 3. The number of fused-ring (bicyclic) bond motifs is 3. The third-order valence-corrected chi connectivity index (χ3v) is 8.99. The molecule has 296 valence electrons. The van der Waals surface area contributed by atoms with Crippen LogP contribution in [-0.4, -0.2) is 98.5 Å². The molecular weight excluding hydrogens is 708 g/mol. The second kappa shape index (κ2) is 21.4. The van der Waals surface area contributed by atoms with Gasteiger partial charge >= 0.3 is 12.1 Å². The highest BCUT2D eigenvalue weighted by Crippen LogP contribution is 2.45. The molecule has 4 rings (SSSR count). The Balaban J connectivity index is 1.15. The molecule has 0 heterocycles. The highest BCUT2D eigenvalue weighted by molar-refractivity contribution is 5.98. The van der Waals surface area contributed by atoms with Gasteiger partial charge in [0.2, 0.25) is 17.7 Å². The SMILES string of the molecule is CC(C)[C@H](NC(=O)CCOCCOCCN(C)C(=O)OC1c2ccccc2-c2ccccc21)C(=O)N[C@@H](CCCNC(N)=O)C(=O)Nc1ccc(CO)cc1. The lowest BCUT2D eigenvalue weighted by Crippen LogP contribution is -2.54. The number of nitrogens with two attached hydrogens (primary N) is 1. The van der Waals surface area contributed by atoms with E-state index < -0.39 is 48.0 Å². The number of hydrogen-bond acceptors (Lipinski definition) is 9. The number of aliphatic hydroxyl groups is 1. The van der Waals surface area contributed by atoms with Crippen LogP contribution in [0.4, 0.5) is 15.3 Å². The Kier molecular flexibility index (Phi) is 16.4. The van der Waals surface area contributed by atoms with Crippen molar-refractivity contribution in [2.24, 2.45) is 11.7 Å². The molecule has 0 aromatic heterocycles. The number of hydrogen-bond donors (Lipinski definition) is 6. The minimum Gasteiger partial charge on any atom is -0.436 e. The Morgan fingerprint density at radius 3 is 2.04 bits per heavy atom. The maximum Gasteiger partial charge on any atom is 0.410 e. The topological polar surface area (TPSA) is 211 Å². The number of rotatable bonds is 21. The molecule has 3 aromatic carbocycles. The Bertz CT molecular complexity index is 1710. The zero-order valence-electron chi connectivity index (χ0n) is 31.5. The van der Waals surface area contributed by atoms with Crippen LogP contribution in [0.25, 0.3) is 11.1 Å². The summed E-state index contributed by atoms with van der Waals surface area (Å²) >= 11 is 0. The number of benzene rings is 3. The first-order valence-electron chi connectivity index (χ1n) is 18.4. The van der Waals surface area contributed by atoms with E-state index >= 15 is 0 Å². The average molecular weight is 761 g/mol. The van der Waals surface area contributed by atoms with E-state index in [1.54, 1.807) is 45.2 Å². The number of nitrogens with zero attached hydrogens (tertiary/aromatic N) is 1. The van der Waals surface area contributed by atoms with Crippen molar-refractivity contribution in [3.05, 3.63) is 89.5 Å². The number of primary amides is 1. The number of carbonyl (C=O) groups is 5. The number of amides is 6. The minimum atomic E-state index is -0.978. The molecule has 0 bridgehead atoms. The summed E-state index contributed by atoms with van der Waals surface area (Å²) in [5, 5.41) is 20.0. The lowest BCUT2D eigenvalue weighted by Gasteiger charge is -2.25. The highest BCUT2D eigenvalue weighted by atomic mass is 16.6. The van der Waals surface area contributed by atoms with Gasteiger partial charge < -0.3 is 51.2 Å². The molecule has 15 heteroatoms. The fraction of sp³-hybridized carbons (Fsp3) is 0.425. The van der Waals surface area contributed by atoms with Gasteiger partial charge in [0, 0.05) is 43.4 Å². The third-order valence-electron chi connectivity index (χ3n) is 8.99. The molecule has 0 radical (unpaired) electrons. The summed E-state index contributed by atoms with van der Waals surface area (Å²) in [5.41, 5.74) is 10.3. The monoisotopic (exact) mass is 760 g/mol. The first kappa shape index (κ1) is 42.2. The van der Waals surface area contributed by atoms with Crippen LogP contribution in [0.3, 0.4) is 0 Å². The van der Waals surface area contributed by atoms with Crippen molar-refractivity contribution in [2.75, 3.05) is 51.9 Å². The maximum atomic E-state index is 13.4. The minimum absolute atomic E-state index is 0.00889. The molecule has 1 aliphatic rings. The van der Waals surface area contributed by atoms with E-state index in [-0.39, 0.29) is 58.3 Å². The van der Waals surface area contributed by atoms with Crippen molar-refractivity contribution in [3.63, 3.8) is 0 Å². The van der Waals surface area contributed by atoms with E-state index in [1.165, 1.54) is 4.90 Å². The number of carbonyl (C=O) groups excluding carboxylic acids is 5. The molecule has 55 heavy (non-hydrogen) atoms. The standard InChI is InChI=1S/C40H52N6O9/c1-26(2)35(38(50)44-33(13-8-19-42-39(41)51)37(49)43-28-16-14-27(25-47)15-17-28)45-34(48)18-21-53-23-24-54-22-20-46(3)40(52)55-36-31-11-6-4-9-29(31)30-10-5-7-12-32(30)36/h4-7,9-12,14-17,26,33,35-36,47H,8,13,18-25H2,1-3H3,(H,43,49)(H,44,50)(H,45,48)(H3,41,42,51)/t33-,35-/m0/s1. The molecule has 7 N–H and O–H groups in total. The van der Waals surface area contributed by atoms with Crippen LogP contribution in [-0.2, 0) is 35.2 Å². The lowest BCUT2D eigenvalue weighted by molar-refractivity contribution is -0.132. The van der Waals surface area contributed by atoms with Crippen LogP contribution < -0.4 is 27.0 Å². The molecule has 3 aromatic rings. The van der Waals surface area contributed by atoms with Crippen molar-refractivity contribution in [2.45, 2.75) is 57.9 Å². The van der Waals surface area contributed by atoms with Gasteiger partial charge in [0.25, 0.3) is 0 Å². The van der Waals surface area contributed by atoms with E-state index in [2.05, 4.69) is 21.3 Å². The summed E-state index contributed by atoms with van der Waals surface area (Å²) in [6.07, 6.45) is -0.415. The molecule has 1 aliphatic carbocycles. The first-order valence-corrected chi connectivity index (χ1v) is 18.4. The normalized spacial score (nSPS) is 12.9. The molecule has 0 saturated heterocycles. The summed E-state index contributed by atoms with van der Waals surface area (Å²) in [7, 11) is 1.65. The van der Waals surface area contributed by atoms with Crippen molar-refractivity contribution < 1.29 is 43.3 Å². The highest BCUT2D eigenvalue weighted by Gasteiger charge is 2.32. The van der Waals surface area contributed by atoms with Gasteiger partial charge in [-0.1, -0.05) is 74.5 Å². The zero-order chi connectivity index (χ0) is 39.7. The average Bonchev–Trinajstić information content (AvgIpc) is 3.48. The van der Waals surface area contributed by atoms with Crippen molar-refractivity contribution in [1.29, 1.82) is 0 Å². The molecular formula is C40H52N6O9. The number of nitrogens with one attached hydrogen (secondary N) is 4. The molecule has 2 atom stereocenters. The fourth-order valence-corrected chi connectivity index (χ4v) is 5.96. The summed E-state index contributed by atoms with van der Waals surface area (Å²) in [6, 6.07) is 19.8. The summed E-state index contributed by atoms with van der Waals surface area (Å²) in [4.78, 5) is 64.8. The predicted molar refractivity (Wildman–Crippen MR) is 206 cm³/mol. The van der Waals surface area contributed by atoms with Gasteiger partial charge in [0.15, 0.2) is 6.10 Å². The van der Waals surface area contributed by atoms with Gasteiger partial charge in [-0.15, -0.1) is 0 Å². The van der Waals surface area contributed by atoms with Gasteiger partial charge in [-0.05, 0) is 47.6 Å². The van der Waals surface area contributed by atoms with Crippen LogP contribution in [0.2, 0.25) is 0 Å². The Labute approximate surface area is 321 Å². The quantitative estimate of drug-likeness (QED) is 0.0878.